The first kappa shape index (κ1) is 17.3. The molecule has 2 amide bonds. The second-order valence-corrected chi connectivity index (χ2v) is 6.01. The maximum Gasteiger partial charge on any atom is 0.239 e. The van der Waals surface area contributed by atoms with Gasteiger partial charge in [-0.05, 0) is 48.9 Å². The van der Waals surface area contributed by atoms with Crippen LogP contribution in [0, 0.1) is 5.92 Å². The molecular formula is C18H26N2O3. The molecule has 0 aliphatic heterocycles. The number of nitrogens with one attached hydrogen (secondary N) is 2. The van der Waals surface area contributed by atoms with E-state index in [0.29, 0.717) is 13.2 Å². The first-order valence-electron chi connectivity index (χ1n) is 8.39. The number of fused-ring (bicyclic) bond motifs is 1. The van der Waals surface area contributed by atoms with Crippen LogP contribution in [0.15, 0.2) is 18.2 Å². The Labute approximate surface area is 137 Å². The van der Waals surface area contributed by atoms with Gasteiger partial charge in [0.1, 0.15) is 12.4 Å². The van der Waals surface area contributed by atoms with Gasteiger partial charge in [0, 0.05) is 5.92 Å². The van der Waals surface area contributed by atoms with E-state index in [0.717, 1.165) is 25.0 Å². The third-order valence-corrected chi connectivity index (χ3v) is 4.25. The molecule has 5 heteroatoms. The van der Waals surface area contributed by atoms with E-state index >= 15 is 0 Å². The van der Waals surface area contributed by atoms with Gasteiger partial charge in [-0.15, -0.1) is 0 Å². The second kappa shape index (κ2) is 8.56. The van der Waals surface area contributed by atoms with Gasteiger partial charge in [0.05, 0.1) is 13.1 Å². The summed E-state index contributed by atoms with van der Waals surface area (Å²) < 4.78 is 5.66. The zero-order valence-electron chi connectivity index (χ0n) is 14.0. The summed E-state index contributed by atoms with van der Waals surface area (Å²) in [4.78, 5) is 23.2. The molecule has 0 unspecified atom stereocenters. The molecule has 1 aliphatic rings. The standard InChI is InChI=1S/C18H26N2O3/c1-3-13(2)18(22)20-12-17(21)19-9-10-23-16-8-7-14-5-4-6-15(14)11-16/h7-8,11,13H,3-6,9-10,12H2,1-2H3,(H,19,21)(H,20,22)/t13-/m1/s1. The monoisotopic (exact) mass is 318 g/mol. The lowest BCUT2D eigenvalue weighted by Gasteiger charge is -2.11. The molecule has 1 aliphatic carbocycles. The summed E-state index contributed by atoms with van der Waals surface area (Å²) in [5.74, 6) is 0.507. The number of carbonyl (C=O) groups excluding carboxylic acids is 2. The van der Waals surface area contributed by atoms with Crippen LogP contribution in [-0.4, -0.2) is 31.5 Å². The molecule has 0 spiro atoms. The van der Waals surface area contributed by atoms with Crippen LogP contribution in [0.3, 0.4) is 0 Å². The minimum absolute atomic E-state index is 0.0159. The van der Waals surface area contributed by atoms with Gasteiger partial charge in [-0.3, -0.25) is 9.59 Å². The summed E-state index contributed by atoms with van der Waals surface area (Å²) in [6, 6.07) is 6.20. The average Bonchev–Trinajstić information content (AvgIpc) is 3.03. The average molecular weight is 318 g/mol. The number of hydrogen-bond acceptors (Lipinski definition) is 3. The van der Waals surface area contributed by atoms with E-state index in [-0.39, 0.29) is 24.3 Å². The fraction of sp³-hybridized carbons (Fsp3) is 0.556. The molecule has 0 saturated carbocycles. The Kier molecular flexibility index (Phi) is 6.44. The molecule has 0 bridgehead atoms. The summed E-state index contributed by atoms with van der Waals surface area (Å²) in [5.41, 5.74) is 2.79. The van der Waals surface area contributed by atoms with Crippen LogP contribution in [0.4, 0.5) is 0 Å². The Balaban J connectivity index is 1.61. The Morgan fingerprint density at radius 2 is 2.00 bits per heavy atom. The minimum Gasteiger partial charge on any atom is -0.492 e. The van der Waals surface area contributed by atoms with Crippen LogP contribution in [0.25, 0.3) is 0 Å². The van der Waals surface area contributed by atoms with E-state index in [1.165, 1.54) is 17.5 Å². The Bertz CT molecular complexity index is 557. The lowest BCUT2D eigenvalue weighted by atomic mass is 10.1. The number of hydrogen-bond donors (Lipinski definition) is 2. The topological polar surface area (TPSA) is 67.4 Å². The summed E-state index contributed by atoms with van der Waals surface area (Å²) in [7, 11) is 0. The highest BCUT2D eigenvalue weighted by molar-refractivity contribution is 5.85. The van der Waals surface area contributed by atoms with E-state index in [2.05, 4.69) is 22.8 Å². The van der Waals surface area contributed by atoms with E-state index in [9.17, 15) is 9.59 Å². The fourth-order valence-corrected chi connectivity index (χ4v) is 2.59. The second-order valence-electron chi connectivity index (χ2n) is 6.01. The van der Waals surface area contributed by atoms with Crippen molar-refractivity contribution < 1.29 is 14.3 Å². The first-order valence-corrected chi connectivity index (χ1v) is 8.39. The molecule has 0 fully saturated rings. The predicted octanol–water partition coefficient (Wildman–Crippen LogP) is 1.83. The number of amides is 2. The molecule has 126 valence electrons. The predicted molar refractivity (Wildman–Crippen MR) is 89.4 cm³/mol. The maximum absolute atomic E-state index is 11.6. The SMILES string of the molecule is CC[C@@H](C)C(=O)NCC(=O)NCCOc1ccc2c(c1)CCC2. The van der Waals surface area contributed by atoms with Gasteiger partial charge in [-0.1, -0.05) is 19.9 Å². The summed E-state index contributed by atoms with van der Waals surface area (Å²) in [5, 5.41) is 5.37. The molecule has 23 heavy (non-hydrogen) atoms. The largest absolute Gasteiger partial charge is 0.492 e. The molecule has 0 saturated heterocycles. The van der Waals surface area contributed by atoms with Crippen molar-refractivity contribution in [3.8, 4) is 5.75 Å². The van der Waals surface area contributed by atoms with Gasteiger partial charge < -0.3 is 15.4 Å². The summed E-state index contributed by atoms with van der Waals surface area (Å²) in [6.45, 7) is 4.65. The van der Waals surface area contributed by atoms with Crippen LogP contribution in [0.2, 0.25) is 0 Å². The maximum atomic E-state index is 11.6. The van der Waals surface area contributed by atoms with Gasteiger partial charge >= 0.3 is 0 Å². The smallest absolute Gasteiger partial charge is 0.239 e. The first-order chi connectivity index (χ1) is 11.1. The number of benzene rings is 1. The molecule has 0 heterocycles. The number of rotatable bonds is 8. The lowest BCUT2D eigenvalue weighted by molar-refractivity contribution is -0.128. The minimum atomic E-state index is -0.195. The molecule has 2 rings (SSSR count). The van der Waals surface area contributed by atoms with Crippen molar-refractivity contribution in [1.82, 2.24) is 10.6 Å². The molecular weight excluding hydrogens is 292 g/mol. The van der Waals surface area contributed by atoms with Crippen molar-refractivity contribution in [2.24, 2.45) is 5.92 Å². The number of ether oxygens (including phenoxy) is 1. The number of carbonyl (C=O) groups is 2. The van der Waals surface area contributed by atoms with Crippen molar-refractivity contribution in [2.75, 3.05) is 19.7 Å². The van der Waals surface area contributed by atoms with E-state index in [4.69, 9.17) is 4.74 Å². The van der Waals surface area contributed by atoms with E-state index in [1.54, 1.807) is 0 Å². The van der Waals surface area contributed by atoms with E-state index in [1.807, 2.05) is 19.9 Å². The van der Waals surface area contributed by atoms with Crippen LogP contribution < -0.4 is 15.4 Å². The molecule has 1 atom stereocenters. The molecule has 2 N–H and O–H groups in total. The van der Waals surface area contributed by atoms with Crippen LogP contribution in [0.5, 0.6) is 5.75 Å². The molecule has 1 aromatic carbocycles. The van der Waals surface area contributed by atoms with Crippen molar-refractivity contribution in [3.05, 3.63) is 29.3 Å². The zero-order chi connectivity index (χ0) is 16.7. The quantitative estimate of drug-likeness (QED) is 0.719. The van der Waals surface area contributed by atoms with Crippen molar-refractivity contribution in [1.29, 1.82) is 0 Å². The van der Waals surface area contributed by atoms with Crippen LogP contribution >= 0.6 is 0 Å². The Morgan fingerprint density at radius 1 is 1.22 bits per heavy atom. The Hall–Kier alpha value is -2.04. The number of aryl methyl sites for hydroxylation is 2. The van der Waals surface area contributed by atoms with E-state index < -0.39 is 0 Å². The van der Waals surface area contributed by atoms with Gasteiger partial charge in [-0.25, -0.2) is 0 Å². The van der Waals surface area contributed by atoms with Crippen molar-refractivity contribution >= 4 is 11.8 Å². The molecule has 1 aromatic rings. The zero-order valence-corrected chi connectivity index (χ0v) is 14.0. The van der Waals surface area contributed by atoms with Crippen LogP contribution in [0.1, 0.15) is 37.8 Å². The fourth-order valence-electron chi connectivity index (χ4n) is 2.59. The van der Waals surface area contributed by atoms with Gasteiger partial charge in [-0.2, -0.15) is 0 Å². The van der Waals surface area contributed by atoms with Crippen molar-refractivity contribution in [3.63, 3.8) is 0 Å². The third kappa shape index (κ3) is 5.27. The van der Waals surface area contributed by atoms with Crippen LogP contribution in [-0.2, 0) is 22.4 Å². The van der Waals surface area contributed by atoms with Gasteiger partial charge in [0.15, 0.2) is 0 Å². The molecule has 0 radical (unpaired) electrons. The summed E-state index contributed by atoms with van der Waals surface area (Å²) >= 11 is 0. The normalized spacial score (nSPS) is 14.0. The lowest BCUT2D eigenvalue weighted by Crippen LogP contribution is -2.40. The highest BCUT2D eigenvalue weighted by Gasteiger charge is 2.12. The molecule has 0 aromatic heterocycles. The third-order valence-electron chi connectivity index (χ3n) is 4.25. The summed E-state index contributed by atoms with van der Waals surface area (Å²) in [6.07, 6.45) is 4.27. The Morgan fingerprint density at radius 3 is 2.78 bits per heavy atom. The highest BCUT2D eigenvalue weighted by Crippen LogP contribution is 2.25. The highest BCUT2D eigenvalue weighted by atomic mass is 16.5. The van der Waals surface area contributed by atoms with Crippen molar-refractivity contribution in [2.45, 2.75) is 39.5 Å². The molecule has 5 nitrogen and oxygen atoms in total. The van der Waals surface area contributed by atoms with Gasteiger partial charge in [0.2, 0.25) is 11.8 Å². The van der Waals surface area contributed by atoms with Gasteiger partial charge in [0.25, 0.3) is 0 Å².